The first-order valence-corrected chi connectivity index (χ1v) is 6.94. The zero-order valence-electron chi connectivity index (χ0n) is 11.7. The molecule has 2 rings (SSSR count). The molecular formula is C16H20FNO2. The summed E-state index contributed by atoms with van der Waals surface area (Å²) >= 11 is 0. The van der Waals surface area contributed by atoms with Crippen molar-refractivity contribution >= 4 is 12.0 Å². The van der Waals surface area contributed by atoms with E-state index in [0.29, 0.717) is 24.6 Å². The van der Waals surface area contributed by atoms with Gasteiger partial charge in [0.25, 0.3) is 0 Å². The molecule has 1 amide bonds. The fourth-order valence-corrected chi connectivity index (χ4v) is 2.44. The van der Waals surface area contributed by atoms with Gasteiger partial charge in [-0.05, 0) is 49.5 Å². The van der Waals surface area contributed by atoms with Crippen LogP contribution in [0, 0.1) is 11.7 Å². The van der Waals surface area contributed by atoms with Gasteiger partial charge >= 0.3 is 0 Å². The van der Waals surface area contributed by atoms with Gasteiger partial charge in [0, 0.05) is 25.3 Å². The van der Waals surface area contributed by atoms with Crippen LogP contribution in [0.2, 0.25) is 0 Å². The molecule has 1 aliphatic rings. The van der Waals surface area contributed by atoms with Crippen molar-refractivity contribution in [2.45, 2.75) is 19.8 Å². The van der Waals surface area contributed by atoms with E-state index < -0.39 is 0 Å². The standard InChI is InChI=1S/C16H20FNO2/c1-12(10-13-2-4-15(17)5-3-13)16(20)18-8-6-14(11-19)7-9-18/h2-5,10,14,19H,6-9,11H2,1H3/b12-10-. The Hall–Kier alpha value is -1.68. The normalized spacial score (nSPS) is 17.4. The monoisotopic (exact) mass is 277 g/mol. The lowest BCUT2D eigenvalue weighted by molar-refractivity contribution is -0.128. The van der Waals surface area contributed by atoms with Crippen LogP contribution in [-0.4, -0.2) is 35.6 Å². The van der Waals surface area contributed by atoms with E-state index in [1.807, 2.05) is 4.90 Å². The molecule has 1 N–H and O–H groups in total. The van der Waals surface area contributed by atoms with Crippen molar-refractivity contribution in [3.8, 4) is 0 Å². The fourth-order valence-electron chi connectivity index (χ4n) is 2.44. The number of hydrogen-bond acceptors (Lipinski definition) is 2. The maximum absolute atomic E-state index is 12.8. The first-order valence-electron chi connectivity index (χ1n) is 6.94. The predicted molar refractivity (Wildman–Crippen MR) is 76.4 cm³/mol. The maximum Gasteiger partial charge on any atom is 0.249 e. The molecule has 1 aromatic carbocycles. The number of rotatable bonds is 3. The van der Waals surface area contributed by atoms with Gasteiger partial charge in [0.1, 0.15) is 5.82 Å². The Kier molecular flexibility index (Phi) is 4.90. The Balaban J connectivity index is 2.00. The van der Waals surface area contributed by atoms with Crippen LogP contribution < -0.4 is 0 Å². The zero-order chi connectivity index (χ0) is 14.5. The zero-order valence-corrected chi connectivity index (χ0v) is 11.7. The van der Waals surface area contributed by atoms with Crippen LogP contribution in [0.15, 0.2) is 29.8 Å². The number of hydrogen-bond donors (Lipinski definition) is 1. The average Bonchev–Trinajstić information content (AvgIpc) is 2.49. The van der Waals surface area contributed by atoms with Gasteiger partial charge in [-0.15, -0.1) is 0 Å². The minimum atomic E-state index is -0.280. The van der Waals surface area contributed by atoms with Gasteiger partial charge in [-0.25, -0.2) is 4.39 Å². The molecule has 0 spiro atoms. The van der Waals surface area contributed by atoms with E-state index in [1.54, 1.807) is 25.1 Å². The van der Waals surface area contributed by atoms with Gasteiger partial charge in [0.15, 0.2) is 0 Å². The third-order valence-electron chi connectivity index (χ3n) is 3.75. The summed E-state index contributed by atoms with van der Waals surface area (Å²) in [5, 5.41) is 9.10. The van der Waals surface area contributed by atoms with E-state index in [9.17, 15) is 9.18 Å². The molecule has 1 heterocycles. The van der Waals surface area contributed by atoms with Crippen LogP contribution in [0.3, 0.4) is 0 Å². The Morgan fingerprint density at radius 3 is 2.50 bits per heavy atom. The minimum absolute atomic E-state index is 0.0192. The van der Waals surface area contributed by atoms with Crippen molar-refractivity contribution in [1.82, 2.24) is 4.90 Å². The van der Waals surface area contributed by atoms with Crippen molar-refractivity contribution in [2.24, 2.45) is 5.92 Å². The third-order valence-corrected chi connectivity index (χ3v) is 3.75. The van der Waals surface area contributed by atoms with Crippen LogP contribution in [0.5, 0.6) is 0 Å². The highest BCUT2D eigenvalue weighted by Crippen LogP contribution is 2.19. The molecule has 0 aromatic heterocycles. The lowest BCUT2D eigenvalue weighted by Crippen LogP contribution is -2.39. The van der Waals surface area contributed by atoms with Gasteiger partial charge in [0.2, 0.25) is 5.91 Å². The van der Waals surface area contributed by atoms with Gasteiger partial charge in [-0.3, -0.25) is 4.79 Å². The van der Waals surface area contributed by atoms with E-state index in [4.69, 9.17) is 5.11 Å². The minimum Gasteiger partial charge on any atom is -0.396 e. The van der Waals surface area contributed by atoms with Crippen LogP contribution in [0.1, 0.15) is 25.3 Å². The number of carbonyl (C=O) groups excluding carboxylic acids is 1. The first kappa shape index (κ1) is 14.7. The highest BCUT2D eigenvalue weighted by molar-refractivity contribution is 5.97. The molecule has 0 unspecified atom stereocenters. The molecule has 1 fully saturated rings. The van der Waals surface area contributed by atoms with Crippen molar-refractivity contribution < 1.29 is 14.3 Å². The molecule has 1 aromatic rings. The Morgan fingerprint density at radius 1 is 1.35 bits per heavy atom. The topological polar surface area (TPSA) is 40.5 Å². The van der Waals surface area contributed by atoms with Gasteiger partial charge in [0.05, 0.1) is 0 Å². The number of nitrogens with zero attached hydrogens (tertiary/aromatic N) is 1. The molecule has 0 bridgehead atoms. The van der Waals surface area contributed by atoms with Crippen LogP contribution in [0.25, 0.3) is 6.08 Å². The third kappa shape index (κ3) is 3.67. The number of aliphatic hydroxyl groups is 1. The summed E-state index contributed by atoms with van der Waals surface area (Å²) in [4.78, 5) is 14.1. The molecule has 1 aliphatic heterocycles. The summed E-state index contributed by atoms with van der Waals surface area (Å²) < 4.78 is 12.8. The Labute approximate surface area is 118 Å². The molecular weight excluding hydrogens is 257 g/mol. The summed E-state index contributed by atoms with van der Waals surface area (Å²) in [7, 11) is 0. The lowest BCUT2D eigenvalue weighted by atomic mass is 9.97. The number of halogens is 1. The summed E-state index contributed by atoms with van der Waals surface area (Å²) in [6.07, 6.45) is 3.48. The second-order valence-corrected chi connectivity index (χ2v) is 5.30. The number of piperidine rings is 1. The van der Waals surface area contributed by atoms with Gasteiger partial charge in [-0.2, -0.15) is 0 Å². The first-order chi connectivity index (χ1) is 9.60. The number of carbonyl (C=O) groups is 1. The fraction of sp³-hybridized carbons (Fsp3) is 0.438. The highest BCUT2D eigenvalue weighted by Gasteiger charge is 2.22. The Bertz CT molecular complexity index is 488. The summed E-state index contributed by atoms with van der Waals surface area (Å²) in [6.45, 7) is 3.37. The molecule has 0 saturated carbocycles. The number of aliphatic hydroxyl groups excluding tert-OH is 1. The van der Waals surface area contributed by atoms with Crippen molar-refractivity contribution in [3.63, 3.8) is 0 Å². The van der Waals surface area contributed by atoms with Gasteiger partial charge < -0.3 is 10.0 Å². The van der Waals surface area contributed by atoms with E-state index >= 15 is 0 Å². The number of likely N-dealkylation sites (tertiary alicyclic amines) is 1. The molecule has 0 aliphatic carbocycles. The summed E-state index contributed by atoms with van der Waals surface area (Å²) in [5.74, 6) is 0.0587. The van der Waals surface area contributed by atoms with Crippen molar-refractivity contribution in [1.29, 1.82) is 0 Å². The van der Waals surface area contributed by atoms with Crippen molar-refractivity contribution in [3.05, 3.63) is 41.2 Å². The summed E-state index contributed by atoms with van der Waals surface area (Å²) in [5.41, 5.74) is 1.47. The number of amides is 1. The lowest BCUT2D eigenvalue weighted by Gasteiger charge is -2.31. The quantitative estimate of drug-likeness (QED) is 0.862. The predicted octanol–water partition coefficient (Wildman–Crippen LogP) is 2.46. The SMILES string of the molecule is C/C(=C/c1ccc(F)cc1)C(=O)N1CCC(CO)CC1. The molecule has 0 radical (unpaired) electrons. The average molecular weight is 277 g/mol. The van der Waals surface area contributed by atoms with Crippen LogP contribution in [0.4, 0.5) is 4.39 Å². The molecule has 20 heavy (non-hydrogen) atoms. The molecule has 0 atom stereocenters. The molecule has 1 saturated heterocycles. The van der Waals surface area contributed by atoms with E-state index in [2.05, 4.69) is 0 Å². The van der Waals surface area contributed by atoms with E-state index in [0.717, 1.165) is 18.4 Å². The maximum atomic E-state index is 12.8. The summed E-state index contributed by atoms with van der Waals surface area (Å²) in [6, 6.07) is 6.08. The van der Waals surface area contributed by atoms with E-state index in [-0.39, 0.29) is 18.3 Å². The van der Waals surface area contributed by atoms with Crippen LogP contribution >= 0.6 is 0 Å². The van der Waals surface area contributed by atoms with Crippen LogP contribution in [-0.2, 0) is 4.79 Å². The number of benzene rings is 1. The smallest absolute Gasteiger partial charge is 0.249 e. The molecule has 108 valence electrons. The highest BCUT2D eigenvalue weighted by atomic mass is 19.1. The molecule has 4 heteroatoms. The largest absolute Gasteiger partial charge is 0.396 e. The van der Waals surface area contributed by atoms with Crippen molar-refractivity contribution in [2.75, 3.05) is 19.7 Å². The second-order valence-electron chi connectivity index (χ2n) is 5.30. The Morgan fingerprint density at radius 2 is 1.95 bits per heavy atom. The van der Waals surface area contributed by atoms with Gasteiger partial charge in [-0.1, -0.05) is 12.1 Å². The second kappa shape index (κ2) is 6.66. The van der Waals surface area contributed by atoms with E-state index in [1.165, 1.54) is 12.1 Å². The molecule has 3 nitrogen and oxygen atoms in total.